The van der Waals surface area contributed by atoms with E-state index in [0.717, 1.165) is 10.7 Å². The monoisotopic (exact) mass is 391 g/mol. The first kappa shape index (κ1) is 19.1. The van der Waals surface area contributed by atoms with Crippen LogP contribution in [0.2, 0.25) is 0 Å². The largest absolute Gasteiger partial charge is 0.451 e. The summed E-state index contributed by atoms with van der Waals surface area (Å²) in [7, 11) is 1.35. The molecule has 7 nitrogen and oxygen atoms in total. The second-order valence-corrected chi connectivity index (χ2v) is 5.67. The molecule has 0 aliphatic carbocycles. The van der Waals surface area contributed by atoms with Crippen LogP contribution in [0.5, 0.6) is 0 Å². The van der Waals surface area contributed by atoms with Gasteiger partial charge in [0.1, 0.15) is 0 Å². The van der Waals surface area contributed by atoms with E-state index in [-0.39, 0.29) is 16.5 Å². The molecule has 0 bridgehead atoms. The molecule has 1 N–H and O–H groups in total. The standard InChI is InChI=1S/C18H12F3N3O4/c1-24-17(26)10-5-3-2-4-9(10)16(23-24)18(27)28-8-13(25)22-12-7-6-11(19)14(20)15(12)21/h2-7H,8H2,1H3,(H,22,25). The first-order valence-corrected chi connectivity index (χ1v) is 7.86. The number of aromatic nitrogens is 2. The van der Waals surface area contributed by atoms with Crippen molar-refractivity contribution in [2.24, 2.45) is 7.05 Å². The van der Waals surface area contributed by atoms with Gasteiger partial charge in [-0.2, -0.15) is 5.10 Å². The summed E-state index contributed by atoms with van der Waals surface area (Å²) in [5.74, 6) is -6.70. The van der Waals surface area contributed by atoms with Crippen LogP contribution in [-0.4, -0.2) is 28.3 Å². The van der Waals surface area contributed by atoms with E-state index < -0.39 is 47.2 Å². The number of rotatable bonds is 4. The van der Waals surface area contributed by atoms with Gasteiger partial charge in [0, 0.05) is 12.4 Å². The summed E-state index contributed by atoms with van der Waals surface area (Å²) < 4.78 is 45.4. The number of aryl methyl sites for hydroxylation is 1. The Morgan fingerprint density at radius 1 is 1.07 bits per heavy atom. The number of nitrogens with one attached hydrogen (secondary N) is 1. The topological polar surface area (TPSA) is 90.3 Å². The fourth-order valence-corrected chi connectivity index (χ4v) is 2.46. The van der Waals surface area contributed by atoms with Crippen LogP contribution in [0.1, 0.15) is 10.5 Å². The molecule has 0 atom stereocenters. The molecule has 1 heterocycles. The van der Waals surface area contributed by atoms with Crippen LogP contribution in [0, 0.1) is 17.5 Å². The van der Waals surface area contributed by atoms with Crippen molar-refractivity contribution < 1.29 is 27.5 Å². The van der Waals surface area contributed by atoms with Gasteiger partial charge >= 0.3 is 5.97 Å². The molecule has 3 aromatic rings. The van der Waals surface area contributed by atoms with Crippen LogP contribution in [-0.2, 0) is 16.6 Å². The van der Waals surface area contributed by atoms with Crippen molar-refractivity contribution in [1.82, 2.24) is 9.78 Å². The number of amides is 1. The van der Waals surface area contributed by atoms with E-state index in [4.69, 9.17) is 4.74 Å². The number of halogens is 3. The third-order valence-electron chi connectivity index (χ3n) is 3.79. The zero-order valence-corrected chi connectivity index (χ0v) is 14.3. The number of nitrogens with zero attached hydrogens (tertiary/aromatic N) is 2. The van der Waals surface area contributed by atoms with Crippen molar-refractivity contribution >= 4 is 28.3 Å². The highest BCUT2D eigenvalue weighted by Crippen LogP contribution is 2.19. The summed E-state index contributed by atoms with van der Waals surface area (Å²) in [6.07, 6.45) is 0. The minimum atomic E-state index is -1.74. The number of carbonyl (C=O) groups excluding carboxylic acids is 2. The summed E-state index contributed by atoms with van der Waals surface area (Å²) in [5, 5.41) is 6.29. The van der Waals surface area contributed by atoms with Crippen molar-refractivity contribution in [1.29, 1.82) is 0 Å². The normalized spacial score (nSPS) is 10.7. The fourth-order valence-electron chi connectivity index (χ4n) is 2.46. The van der Waals surface area contributed by atoms with E-state index in [1.54, 1.807) is 12.1 Å². The maximum Gasteiger partial charge on any atom is 0.359 e. The molecule has 0 aliphatic rings. The molecule has 28 heavy (non-hydrogen) atoms. The van der Waals surface area contributed by atoms with Crippen LogP contribution < -0.4 is 10.9 Å². The Kier molecular flexibility index (Phi) is 5.12. The molecule has 0 spiro atoms. The molecule has 1 aromatic heterocycles. The third-order valence-corrected chi connectivity index (χ3v) is 3.79. The molecular weight excluding hydrogens is 379 g/mol. The Balaban J connectivity index is 1.75. The van der Waals surface area contributed by atoms with Gasteiger partial charge in [-0.1, -0.05) is 18.2 Å². The summed E-state index contributed by atoms with van der Waals surface area (Å²) in [6.45, 7) is -0.837. The van der Waals surface area contributed by atoms with Crippen LogP contribution in [0.25, 0.3) is 10.8 Å². The molecule has 3 rings (SSSR count). The van der Waals surface area contributed by atoms with Gasteiger partial charge in [0.2, 0.25) is 0 Å². The van der Waals surface area contributed by atoms with Gasteiger partial charge in [-0.3, -0.25) is 9.59 Å². The van der Waals surface area contributed by atoms with Gasteiger partial charge in [-0.05, 0) is 18.2 Å². The lowest BCUT2D eigenvalue weighted by molar-refractivity contribution is -0.119. The van der Waals surface area contributed by atoms with E-state index in [0.29, 0.717) is 6.07 Å². The van der Waals surface area contributed by atoms with E-state index in [1.807, 2.05) is 5.32 Å². The molecule has 0 saturated heterocycles. The molecule has 0 saturated carbocycles. The number of fused-ring (bicyclic) bond motifs is 1. The Hall–Kier alpha value is -3.69. The van der Waals surface area contributed by atoms with Crippen molar-refractivity contribution in [3.05, 3.63) is 69.9 Å². The maximum atomic E-state index is 13.6. The SMILES string of the molecule is Cn1nc(C(=O)OCC(=O)Nc2ccc(F)c(F)c2F)c2ccccc2c1=O. The van der Waals surface area contributed by atoms with Crippen LogP contribution in [0.15, 0.2) is 41.2 Å². The molecule has 10 heteroatoms. The number of esters is 1. The average molecular weight is 391 g/mol. The van der Waals surface area contributed by atoms with Crippen molar-refractivity contribution in [2.45, 2.75) is 0 Å². The number of hydrogen-bond acceptors (Lipinski definition) is 5. The minimum absolute atomic E-state index is 0.190. The highest BCUT2D eigenvalue weighted by atomic mass is 19.2. The first-order valence-electron chi connectivity index (χ1n) is 7.86. The number of carbonyl (C=O) groups is 2. The van der Waals surface area contributed by atoms with E-state index in [1.165, 1.54) is 19.2 Å². The Labute approximate surface area is 155 Å². The Bertz CT molecular complexity index is 1160. The summed E-state index contributed by atoms with van der Waals surface area (Å²) >= 11 is 0. The van der Waals surface area contributed by atoms with Crippen molar-refractivity contribution in [2.75, 3.05) is 11.9 Å². The second kappa shape index (κ2) is 7.51. The van der Waals surface area contributed by atoms with Crippen LogP contribution in [0.3, 0.4) is 0 Å². The average Bonchev–Trinajstić information content (AvgIpc) is 2.69. The Morgan fingerprint density at radius 3 is 2.46 bits per heavy atom. The molecule has 0 aliphatic heterocycles. The molecule has 1 amide bonds. The molecule has 0 fully saturated rings. The molecule has 144 valence electrons. The van der Waals surface area contributed by atoms with Gasteiger partial charge in [-0.15, -0.1) is 0 Å². The smallest absolute Gasteiger partial charge is 0.359 e. The van der Waals surface area contributed by atoms with Crippen LogP contribution in [0.4, 0.5) is 18.9 Å². The second-order valence-electron chi connectivity index (χ2n) is 5.67. The van der Waals surface area contributed by atoms with Crippen LogP contribution >= 0.6 is 0 Å². The van der Waals surface area contributed by atoms with Gasteiger partial charge in [-0.25, -0.2) is 22.6 Å². The summed E-state index contributed by atoms with van der Waals surface area (Å²) in [6, 6.07) is 7.68. The molecular formula is C18H12F3N3O4. The van der Waals surface area contributed by atoms with Crippen molar-refractivity contribution in [3.63, 3.8) is 0 Å². The highest BCUT2D eigenvalue weighted by Gasteiger charge is 2.19. The number of benzene rings is 2. The van der Waals surface area contributed by atoms with Gasteiger partial charge in [0.05, 0.1) is 11.1 Å². The predicted octanol–water partition coefficient (Wildman–Crippen LogP) is 2.15. The molecule has 2 aromatic carbocycles. The Morgan fingerprint density at radius 2 is 1.75 bits per heavy atom. The zero-order chi connectivity index (χ0) is 20.4. The van der Waals surface area contributed by atoms with Crippen molar-refractivity contribution in [3.8, 4) is 0 Å². The lowest BCUT2D eigenvalue weighted by Crippen LogP contribution is -2.26. The fraction of sp³-hybridized carbons (Fsp3) is 0.111. The quantitative estimate of drug-likeness (QED) is 0.544. The minimum Gasteiger partial charge on any atom is -0.451 e. The summed E-state index contributed by atoms with van der Waals surface area (Å²) in [4.78, 5) is 36.2. The maximum absolute atomic E-state index is 13.6. The first-order chi connectivity index (χ1) is 13.3. The van der Waals surface area contributed by atoms with Gasteiger partial charge < -0.3 is 10.1 Å². The summed E-state index contributed by atoms with van der Waals surface area (Å²) in [5.41, 5.74) is -1.21. The third kappa shape index (κ3) is 3.56. The van der Waals surface area contributed by atoms with E-state index >= 15 is 0 Å². The van der Waals surface area contributed by atoms with E-state index in [9.17, 15) is 27.6 Å². The highest BCUT2D eigenvalue weighted by molar-refractivity contribution is 6.03. The molecule has 0 unspecified atom stereocenters. The lowest BCUT2D eigenvalue weighted by Gasteiger charge is -2.09. The van der Waals surface area contributed by atoms with E-state index in [2.05, 4.69) is 5.10 Å². The number of hydrogen-bond donors (Lipinski definition) is 1. The lowest BCUT2D eigenvalue weighted by atomic mass is 10.1. The number of anilines is 1. The number of ether oxygens (including phenoxy) is 1. The predicted molar refractivity (Wildman–Crippen MR) is 92.2 cm³/mol. The van der Waals surface area contributed by atoms with Gasteiger partial charge in [0.25, 0.3) is 11.5 Å². The zero-order valence-electron chi connectivity index (χ0n) is 14.3. The van der Waals surface area contributed by atoms with Gasteiger partial charge in [0.15, 0.2) is 29.8 Å². The molecule has 0 radical (unpaired) electrons.